The van der Waals surface area contributed by atoms with Gasteiger partial charge in [-0.3, -0.25) is 4.79 Å². The molecule has 2 rings (SSSR count). The Kier molecular flexibility index (Phi) is 5.47. The molecule has 0 spiro atoms. The lowest BCUT2D eigenvalue weighted by Gasteiger charge is -2.02. The number of hydrogen-bond acceptors (Lipinski definition) is 6. The van der Waals surface area contributed by atoms with Gasteiger partial charge < -0.3 is 9.47 Å². The summed E-state index contributed by atoms with van der Waals surface area (Å²) in [5.74, 6) is -1.40. The van der Waals surface area contributed by atoms with E-state index in [1.54, 1.807) is 38.1 Å². The number of benzene rings is 1. The van der Waals surface area contributed by atoms with Crippen LogP contribution < -0.4 is 0 Å². The molecule has 0 aliphatic heterocycles. The van der Waals surface area contributed by atoms with Gasteiger partial charge in [0.1, 0.15) is 5.56 Å². The number of ether oxygens (including phenoxy) is 2. The molecule has 0 fully saturated rings. The molecule has 1 aromatic heterocycles. The molecule has 0 bridgehead atoms. The minimum absolute atomic E-state index is 0.0333. The van der Waals surface area contributed by atoms with Gasteiger partial charge >= 0.3 is 11.9 Å². The Balaban J connectivity index is 2.43. The van der Waals surface area contributed by atoms with Gasteiger partial charge in [0.15, 0.2) is 11.5 Å². The van der Waals surface area contributed by atoms with Crippen molar-refractivity contribution in [1.29, 1.82) is 0 Å². The summed E-state index contributed by atoms with van der Waals surface area (Å²) in [5.41, 5.74) is 1.08. The largest absolute Gasteiger partial charge is 0.462 e. The minimum atomic E-state index is -0.695. The average molecular weight is 330 g/mol. The summed E-state index contributed by atoms with van der Waals surface area (Å²) < 4.78 is 11.3. The van der Waals surface area contributed by atoms with E-state index in [0.29, 0.717) is 11.3 Å². The van der Waals surface area contributed by atoms with Crippen molar-refractivity contribution in [2.45, 2.75) is 20.8 Å². The van der Waals surface area contributed by atoms with Crippen LogP contribution in [0.4, 0.5) is 0 Å². The van der Waals surface area contributed by atoms with E-state index in [9.17, 15) is 14.4 Å². The van der Waals surface area contributed by atoms with E-state index < -0.39 is 11.9 Å². The van der Waals surface area contributed by atoms with E-state index in [1.807, 2.05) is 0 Å². The van der Waals surface area contributed by atoms with E-state index in [4.69, 9.17) is 9.47 Å². The number of esters is 2. The molecule has 0 atom stereocenters. The van der Waals surface area contributed by atoms with Crippen molar-refractivity contribution in [3.8, 4) is 5.69 Å². The van der Waals surface area contributed by atoms with Crippen molar-refractivity contribution in [2.24, 2.45) is 0 Å². The van der Waals surface area contributed by atoms with Gasteiger partial charge in [0.2, 0.25) is 0 Å². The number of carbonyl (C=O) groups is 3. The summed E-state index contributed by atoms with van der Waals surface area (Å²) in [6, 6.07) is 6.64. The molecule has 0 saturated carbocycles. The molecule has 1 aromatic carbocycles. The highest BCUT2D eigenvalue weighted by molar-refractivity contribution is 6.01. The van der Waals surface area contributed by atoms with E-state index in [-0.39, 0.29) is 30.3 Å². The number of rotatable bonds is 6. The number of hydrogen-bond donors (Lipinski definition) is 0. The Hall–Kier alpha value is -2.96. The van der Waals surface area contributed by atoms with Crippen LogP contribution in [0.2, 0.25) is 0 Å². The normalized spacial score (nSPS) is 10.3. The summed E-state index contributed by atoms with van der Waals surface area (Å²) in [6.45, 7) is 5.16. The Morgan fingerprint density at radius 1 is 1.00 bits per heavy atom. The summed E-state index contributed by atoms with van der Waals surface area (Å²) >= 11 is 0. The zero-order valence-corrected chi connectivity index (χ0v) is 13.7. The fraction of sp³-hybridized carbons (Fsp3) is 0.294. The molecule has 0 unspecified atom stereocenters. The lowest BCUT2D eigenvalue weighted by molar-refractivity contribution is 0.0475. The molecule has 7 heteroatoms. The quantitative estimate of drug-likeness (QED) is 0.597. The molecule has 24 heavy (non-hydrogen) atoms. The number of nitrogens with zero attached hydrogens (tertiary/aromatic N) is 2. The first-order valence-electron chi connectivity index (χ1n) is 7.53. The van der Waals surface area contributed by atoms with Crippen LogP contribution in [0, 0.1) is 0 Å². The predicted molar refractivity (Wildman–Crippen MR) is 85.5 cm³/mol. The van der Waals surface area contributed by atoms with Gasteiger partial charge in [-0.1, -0.05) is 0 Å². The van der Waals surface area contributed by atoms with E-state index >= 15 is 0 Å². The van der Waals surface area contributed by atoms with Crippen molar-refractivity contribution >= 4 is 17.7 Å². The van der Waals surface area contributed by atoms with E-state index in [1.165, 1.54) is 17.8 Å². The summed E-state index contributed by atoms with van der Waals surface area (Å²) in [7, 11) is 0. The van der Waals surface area contributed by atoms with Crippen LogP contribution in [0.1, 0.15) is 52.0 Å². The van der Waals surface area contributed by atoms with Crippen LogP contribution in [0.3, 0.4) is 0 Å². The molecular weight excluding hydrogens is 312 g/mol. The van der Waals surface area contributed by atoms with Crippen LogP contribution >= 0.6 is 0 Å². The molecule has 2 aromatic rings. The second kappa shape index (κ2) is 7.54. The summed E-state index contributed by atoms with van der Waals surface area (Å²) in [5, 5.41) is 4.13. The minimum Gasteiger partial charge on any atom is -0.462 e. The molecule has 0 saturated heterocycles. The maximum atomic E-state index is 12.0. The number of carbonyl (C=O) groups excluding carboxylic acids is 3. The fourth-order valence-electron chi connectivity index (χ4n) is 2.06. The third-order valence-corrected chi connectivity index (χ3v) is 3.22. The Morgan fingerprint density at radius 2 is 1.58 bits per heavy atom. The Bertz CT molecular complexity index is 726. The predicted octanol–water partition coefficient (Wildman–Crippen LogP) is 2.43. The van der Waals surface area contributed by atoms with Gasteiger partial charge in [0.05, 0.1) is 18.9 Å². The molecule has 1 heterocycles. The van der Waals surface area contributed by atoms with Gasteiger partial charge in [-0.2, -0.15) is 5.10 Å². The second-order valence-corrected chi connectivity index (χ2v) is 4.88. The first kappa shape index (κ1) is 17.4. The zero-order valence-electron chi connectivity index (χ0n) is 13.7. The van der Waals surface area contributed by atoms with Crippen LogP contribution in [0.15, 0.2) is 30.5 Å². The maximum Gasteiger partial charge on any atom is 0.359 e. The van der Waals surface area contributed by atoms with Gasteiger partial charge in [-0.05, 0) is 45.0 Å². The van der Waals surface area contributed by atoms with Crippen molar-refractivity contribution in [1.82, 2.24) is 9.78 Å². The molecule has 0 aliphatic rings. The topological polar surface area (TPSA) is 87.5 Å². The third-order valence-electron chi connectivity index (χ3n) is 3.22. The standard InChI is InChI=1S/C17H18N2O5/c1-4-23-16(21)14-10-19(18-15(14)17(22)24-5-2)13-8-6-12(7-9-13)11(3)20/h6-10H,4-5H2,1-3H3. The van der Waals surface area contributed by atoms with Crippen LogP contribution in [-0.2, 0) is 9.47 Å². The molecular formula is C17H18N2O5. The van der Waals surface area contributed by atoms with Crippen molar-refractivity contribution in [3.05, 3.63) is 47.3 Å². The van der Waals surface area contributed by atoms with Crippen LogP contribution in [0.5, 0.6) is 0 Å². The molecule has 0 amide bonds. The number of ketones is 1. The van der Waals surface area contributed by atoms with Crippen molar-refractivity contribution in [3.63, 3.8) is 0 Å². The fourth-order valence-corrected chi connectivity index (χ4v) is 2.06. The van der Waals surface area contributed by atoms with E-state index in [0.717, 1.165) is 0 Å². The highest BCUT2D eigenvalue weighted by atomic mass is 16.5. The Morgan fingerprint density at radius 3 is 2.12 bits per heavy atom. The third kappa shape index (κ3) is 3.68. The first-order chi connectivity index (χ1) is 11.5. The SMILES string of the molecule is CCOC(=O)c1cn(-c2ccc(C(C)=O)cc2)nc1C(=O)OCC. The first-order valence-corrected chi connectivity index (χ1v) is 7.53. The maximum absolute atomic E-state index is 12.0. The zero-order chi connectivity index (χ0) is 17.7. The van der Waals surface area contributed by atoms with Gasteiger partial charge in [0, 0.05) is 11.8 Å². The number of aromatic nitrogens is 2. The van der Waals surface area contributed by atoms with Crippen molar-refractivity contribution in [2.75, 3.05) is 13.2 Å². The highest BCUT2D eigenvalue weighted by Crippen LogP contribution is 2.16. The molecule has 0 radical (unpaired) electrons. The lowest BCUT2D eigenvalue weighted by atomic mass is 10.1. The molecule has 7 nitrogen and oxygen atoms in total. The van der Waals surface area contributed by atoms with Gasteiger partial charge in [0.25, 0.3) is 0 Å². The average Bonchev–Trinajstić information content (AvgIpc) is 3.01. The lowest BCUT2D eigenvalue weighted by Crippen LogP contribution is -2.13. The van der Waals surface area contributed by atoms with Crippen molar-refractivity contribution < 1.29 is 23.9 Å². The van der Waals surface area contributed by atoms with E-state index in [2.05, 4.69) is 5.10 Å². The smallest absolute Gasteiger partial charge is 0.359 e. The van der Waals surface area contributed by atoms with Crippen LogP contribution in [-0.4, -0.2) is 40.7 Å². The van der Waals surface area contributed by atoms with Gasteiger partial charge in [-0.15, -0.1) is 0 Å². The summed E-state index contributed by atoms with van der Waals surface area (Å²) in [6.07, 6.45) is 1.41. The summed E-state index contributed by atoms with van der Waals surface area (Å²) in [4.78, 5) is 35.4. The molecule has 0 N–H and O–H groups in total. The second-order valence-electron chi connectivity index (χ2n) is 4.88. The van der Waals surface area contributed by atoms with Gasteiger partial charge in [-0.25, -0.2) is 14.3 Å². The van der Waals surface area contributed by atoms with Crippen LogP contribution in [0.25, 0.3) is 5.69 Å². The highest BCUT2D eigenvalue weighted by Gasteiger charge is 2.24. The molecule has 126 valence electrons. The Labute approximate surface area is 139 Å². The monoisotopic (exact) mass is 330 g/mol. The number of Topliss-reactive ketones (excluding diaryl/α,β-unsaturated/α-hetero) is 1. The molecule has 0 aliphatic carbocycles.